The van der Waals surface area contributed by atoms with Gasteiger partial charge in [-0.05, 0) is 35.8 Å². The minimum atomic E-state index is -1.72. The molecule has 2 fully saturated rings. The van der Waals surface area contributed by atoms with Gasteiger partial charge in [-0.25, -0.2) is 9.59 Å². The average molecular weight is 520 g/mol. The molecule has 3 aliphatic rings. The molecule has 37 heavy (non-hydrogen) atoms. The third-order valence-electron chi connectivity index (χ3n) is 6.69. The smallest absolute Gasteiger partial charge is 0.334 e. The molecule has 0 bridgehead atoms. The van der Waals surface area contributed by atoms with Gasteiger partial charge in [-0.2, -0.15) is 0 Å². The molecular weight excluding hydrogens is 492 g/mol. The highest BCUT2D eigenvalue weighted by Crippen LogP contribution is 2.46. The summed E-state index contributed by atoms with van der Waals surface area (Å²) in [5.41, 5.74) is 0.782. The molecule has 1 aromatic rings. The molecule has 6 N–H and O–H groups in total. The first-order chi connectivity index (χ1) is 17.6. The van der Waals surface area contributed by atoms with E-state index in [1.54, 1.807) is 12.1 Å². The number of carboxylic acid groups (broad SMARTS) is 1. The third kappa shape index (κ3) is 5.54. The maximum atomic E-state index is 12.5. The Bertz CT molecular complexity index is 1080. The van der Waals surface area contributed by atoms with Crippen LogP contribution in [0.1, 0.15) is 12.0 Å². The molecule has 1 aromatic carbocycles. The van der Waals surface area contributed by atoms with Crippen molar-refractivity contribution < 1.29 is 59.2 Å². The number of benzene rings is 1. The molecule has 1 aliphatic carbocycles. The number of carbonyl (C=O) groups is 2. The average Bonchev–Trinajstić information content (AvgIpc) is 3.17. The second-order valence-corrected chi connectivity index (χ2v) is 9.01. The van der Waals surface area contributed by atoms with Crippen LogP contribution in [0.5, 0.6) is 5.75 Å². The maximum absolute atomic E-state index is 12.5. The summed E-state index contributed by atoms with van der Waals surface area (Å²) < 4.78 is 22.3. The SMILES string of the molecule is C=C1[C@H]2[C@H](O[C@@H]3O[C@H](CO)[C@@H](O)[C@H](O)[C@H]3OC(=O)/C=C\c3ccc(O)cc3)OC=C(C(=O)O)[C@H]2C[C@@H]1O. The number of ether oxygens (including phenoxy) is 4. The Hall–Kier alpha value is -3.26. The van der Waals surface area contributed by atoms with Crippen molar-refractivity contribution in [2.75, 3.05) is 6.61 Å². The highest BCUT2D eigenvalue weighted by molar-refractivity contribution is 5.88. The lowest BCUT2D eigenvalue weighted by Crippen LogP contribution is -2.61. The molecule has 2 heterocycles. The first-order valence-corrected chi connectivity index (χ1v) is 11.5. The Morgan fingerprint density at radius 1 is 1.11 bits per heavy atom. The van der Waals surface area contributed by atoms with E-state index in [1.807, 2.05) is 0 Å². The maximum Gasteiger partial charge on any atom is 0.334 e. The second kappa shape index (κ2) is 11.0. The quantitative estimate of drug-likeness (QED) is 0.156. The zero-order valence-electron chi connectivity index (χ0n) is 19.5. The van der Waals surface area contributed by atoms with Crippen molar-refractivity contribution in [2.24, 2.45) is 11.8 Å². The summed E-state index contributed by atoms with van der Waals surface area (Å²) in [6.45, 7) is 3.14. The van der Waals surface area contributed by atoms with Crippen molar-refractivity contribution >= 4 is 18.0 Å². The molecule has 1 saturated heterocycles. The number of phenolic OH excluding ortho intramolecular Hbond substituents is 1. The summed E-state index contributed by atoms with van der Waals surface area (Å²) in [6.07, 6.45) is -6.44. The Labute approximate surface area is 211 Å². The van der Waals surface area contributed by atoms with E-state index in [-0.39, 0.29) is 23.3 Å². The summed E-state index contributed by atoms with van der Waals surface area (Å²) in [5.74, 6) is -3.57. The Balaban J connectivity index is 1.54. The Kier molecular flexibility index (Phi) is 7.97. The number of rotatable bonds is 7. The fourth-order valence-corrected chi connectivity index (χ4v) is 4.69. The highest BCUT2D eigenvalue weighted by atomic mass is 16.8. The van der Waals surface area contributed by atoms with Gasteiger partial charge in [-0.1, -0.05) is 18.7 Å². The first-order valence-electron chi connectivity index (χ1n) is 11.5. The van der Waals surface area contributed by atoms with Crippen LogP contribution in [0.3, 0.4) is 0 Å². The fourth-order valence-electron chi connectivity index (χ4n) is 4.69. The normalized spacial score (nSPS) is 35.5. The third-order valence-corrected chi connectivity index (χ3v) is 6.69. The van der Waals surface area contributed by atoms with Gasteiger partial charge in [0.1, 0.15) is 24.1 Å². The van der Waals surface area contributed by atoms with E-state index in [4.69, 9.17) is 18.9 Å². The van der Waals surface area contributed by atoms with Gasteiger partial charge in [0.25, 0.3) is 0 Å². The van der Waals surface area contributed by atoms with E-state index < -0.39 is 73.5 Å². The summed E-state index contributed by atoms with van der Waals surface area (Å²) in [5, 5.41) is 59.7. The summed E-state index contributed by atoms with van der Waals surface area (Å²) in [6, 6.07) is 5.96. The van der Waals surface area contributed by atoms with Gasteiger partial charge >= 0.3 is 11.9 Å². The molecule has 1 saturated carbocycles. The van der Waals surface area contributed by atoms with E-state index in [1.165, 1.54) is 18.2 Å². The number of fused-ring (bicyclic) bond motifs is 1. The summed E-state index contributed by atoms with van der Waals surface area (Å²) >= 11 is 0. The zero-order valence-corrected chi connectivity index (χ0v) is 19.5. The van der Waals surface area contributed by atoms with Crippen molar-refractivity contribution in [2.45, 2.75) is 49.5 Å². The Morgan fingerprint density at radius 2 is 1.81 bits per heavy atom. The molecule has 0 amide bonds. The number of phenols is 1. The van der Waals surface area contributed by atoms with Gasteiger partial charge in [0, 0.05) is 12.0 Å². The van der Waals surface area contributed by atoms with E-state index in [0.717, 1.165) is 12.3 Å². The van der Waals surface area contributed by atoms with Crippen LogP contribution in [0.4, 0.5) is 0 Å². The second-order valence-electron chi connectivity index (χ2n) is 9.01. The molecular formula is C25H28O12. The number of aliphatic hydroxyl groups excluding tert-OH is 4. The molecule has 200 valence electrons. The van der Waals surface area contributed by atoms with Crippen LogP contribution in [-0.2, 0) is 28.5 Å². The number of hydrogen-bond acceptors (Lipinski definition) is 11. The van der Waals surface area contributed by atoms with Gasteiger partial charge in [0.2, 0.25) is 12.6 Å². The lowest BCUT2D eigenvalue weighted by molar-refractivity contribution is -0.340. The monoisotopic (exact) mass is 520 g/mol. The van der Waals surface area contributed by atoms with Crippen LogP contribution < -0.4 is 0 Å². The minimum absolute atomic E-state index is 0.0459. The number of carboxylic acids is 1. The molecule has 0 unspecified atom stereocenters. The van der Waals surface area contributed by atoms with E-state index >= 15 is 0 Å². The van der Waals surface area contributed by atoms with E-state index in [0.29, 0.717) is 5.56 Å². The number of carbonyl (C=O) groups excluding carboxylic acids is 1. The molecule has 0 aromatic heterocycles. The topological polar surface area (TPSA) is 192 Å². The lowest BCUT2D eigenvalue weighted by Gasteiger charge is -2.43. The zero-order chi connectivity index (χ0) is 26.9. The first kappa shape index (κ1) is 26.8. The van der Waals surface area contributed by atoms with Crippen molar-refractivity contribution in [1.82, 2.24) is 0 Å². The van der Waals surface area contributed by atoms with Crippen LogP contribution >= 0.6 is 0 Å². The highest BCUT2D eigenvalue weighted by Gasteiger charge is 2.53. The van der Waals surface area contributed by atoms with Gasteiger partial charge in [-0.15, -0.1) is 0 Å². The van der Waals surface area contributed by atoms with Crippen molar-refractivity contribution in [1.29, 1.82) is 0 Å². The number of aromatic hydroxyl groups is 1. The number of aliphatic carboxylic acids is 1. The predicted molar refractivity (Wildman–Crippen MR) is 123 cm³/mol. The van der Waals surface area contributed by atoms with E-state index in [2.05, 4.69) is 6.58 Å². The van der Waals surface area contributed by atoms with Gasteiger partial charge in [0.15, 0.2) is 6.10 Å². The van der Waals surface area contributed by atoms with Crippen molar-refractivity contribution in [3.05, 3.63) is 59.9 Å². The molecule has 12 nitrogen and oxygen atoms in total. The van der Waals surface area contributed by atoms with Crippen LogP contribution in [0.25, 0.3) is 6.08 Å². The molecule has 2 aliphatic heterocycles. The molecule has 4 rings (SSSR count). The van der Waals surface area contributed by atoms with Crippen LogP contribution in [-0.4, -0.2) is 92.3 Å². The van der Waals surface area contributed by atoms with Crippen molar-refractivity contribution in [3.8, 4) is 5.75 Å². The van der Waals surface area contributed by atoms with Crippen LogP contribution in [0.15, 0.2) is 54.3 Å². The van der Waals surface area contributed by atoms with Gasteiger partial charge in [0.05, 0.1) is 30.5 Å². The largest absolute Gasteiger partial charge is 0.508 e. The Morgan fingerprint density at radius 3 is 2.46 bits per heavy atom. The van der Waals surface area contributed by atoms with Crippen LogP contribution in [0.2, 0.25) is 0 Å². The summed E-state index contributed by atoms with van der Waals surface area (Å²) in [4.78, 5) is 24.2. The van der Waals surface area contributed by atoms with Crippen molar-refractivity contribution in [3.63, 3.8) is 0 Å². The molecule has 0 spiro atoms. The molecule has 0 radical (unpaired) electrons. The standard InChI is InChI=1S/C25H28O12/c1-11-16(28)8-14-15(23(32)33)10-34-24(19(11)14)37-25-22(21(31)20(30)17(9-26)35-25)36-18(29)7-4-12-2-5-13(27)6-3-12/h2-7,10,14,16-17,19-22,24-28,30-31H,1,8-9H2,(H,32,33)/b7-4-/t14-,16+,17-,19-,20-,21+,22-,24+,25+/m1/s1. The van der Waals surface area contributed by atoms with Crippen LogP contribution in [0, 0.1) is 11.8 Å². The fraction of sp³-hybridized carbons (Fsp3) is 0.440. The van der Waals surface area contributed by atoms with Gasteiger partial charge in [-0.3, -0.25) is 0 Å². The number of hydrogen-bond donors (Lipinski definition) is 6. The minimum Gasteiger partial charge on any atom is -0.508 e. The number of esters is 1. The predicted octanol–water partition coefficient (Wildman–Crippen LogP) is -0.349. The number of aliphatic hydroxyl groups is 4. The molecule has 12 heteroatoms. The summed E-state index contributed by atoms with van der Waals surface area (Å²) in [7, 11) is 0. The molecule has 9 atom stereocenters. The van der Waals surface area contributed by atoms with E-state index in [9.17, 15) is 40.2 Å². The lowest BCUT2D eigenvalue weighted by atomic mass is 9.85. The van der Waals surface area contributed by atoms with Gasteiger partial charge < -0.3 is 49.6 Å².